The molecule has 0 saturated heterocycles. The molecule has 1 aromatic carbocycles. The van der Waals surface area contributed by atoms with Gasteiger partial charge in [0.1, 0.15) is 11.6 Å². The predicted molar refractivity (Wildman–Crippen MR) is 93.0 cm³/mol. The minimum atomic E-state index is -0.559. The molecule has 2 rings (SSSR count). The number of rotatable bonds is 6. The van der Waals surface area contributed by atoms with Crippen molar-refractivity contribution in [2.45, 2.75) is 13.3 Å². The van der Waals surface area contributed by atoms with Crippen LogP contribution in [0.3, 0.4) is 0 Å². The van der Waals surface area contributed by atoms with Gasteiger partial charge >= 0.3 is 6.03 Å². The van der Waals surface area contributed by atoms with Crippen molar-refractivity contribution < 1.29 is 9.18 Å². The number of hydrogen-bond donors (Lipinski definition) is 4. The molecule has 0 bridgehead atoms. The van der Waals surface area contributed by atoms with Crippen LogP contribution in [0, 0.1) is 12.7 Å². The Kier molecular flexibility index (Phi) is 6.28. The first kappa shape index (κ1) is 17.9. The fraction of sp³-hybridized carbons (Fsp3) is 0.267. The number of nitrogens with zero attached hydrogens (tertiary/aromatic N) is 2. The van der Waals surface area contributed by atoms with Crippen LogP contribution in [0.5, 0.6) is 0 Å². The van der Waals surface area contributed by atoms with E-state index in [1.54, 1.807) is 13.0 Å². The Bertz CT molecular complexity index is 727. The van der Waals surface area contributed by atoms with Gasteiger partial charge < -0.3 is 16.4 Å². The summed E-state index contributed by atoms with van der Waals surface area (Å²) in [6.07, 6.45) is 0.803. The molecule has 5 N–H and O–H groups in total. The summed E-state index contributed by atoms with van der Waals surface area (Å²) >= 11 is 5.67. The van der Waals surface area contributed by atoms with E-state index in [4.69, 9.17) is 17.3 Å². The molecule has 9 heteroatoms. The number of hydrogen-bond acceptors (Lipinski definition) is 5. The Hall–Kier alpha value is -2.45. The number of anilines is 3. The zero-order valence-corrected chi connectivity index (χ0v) is 13.8. The molecule has 1 heterocycles. The maximum Gasteiger partial charge on any atom is 0.326 e. The van der Waals surface area contributed by atoms with Gasteiger partial charge in [0.05, 0.1) is 5.02 Å². The highest BCUT2D eigenvalue weighted by atomic mass is 35.5. The fourth-order valence-corrected chi connectivity index (χ4v) is 2.05. The molecule has 0 radical (unpaired) electrons. The van der Waals surface area contributed by atoms with Crippen molar-refractivity contribution in [1.82, 2.24) is 9.97 Å². The van der Waals surface area contributed by atoms with Crippen LogP contribution in [-0.4, -0.2) is 29.1 Å². The number of nitrogens with one attached hydrogen (secondary N) is 3. The van der Waals surface area contributed by atoms with E-state index >= 15 is 0 Å². The molecule has 2 aromatic rings. The molecule has 2 amide bonds. The van der Waals surface area contributed by atoms with E-state index < -0.39 is 11.8 Å². The maximum atomic E-state index is 13.1. The topological polar surface area (TPSA) is 105 Å². The molecule has 0 aliphatic heterocycles. The molecule has 0 atom stereocenters. The fourth-order valence-electron chi connectivity index (χ4n) is 1.87. The largest absolute Gasteiger partial charge is 0.370 e. The molecule has 1 aromatic heterocycles. The highest BCUT2D eigenvalue weighted by Gasteiger charge is 2.08. The van der Waals surface area contributed by atoms with Crippen LogP contribution >= 0.6 is 11.6 Å². The van der Waals surface area contributed by atoms with Gasteiger partial charge in [0, 0.05) is 24.0 Å². The maximum absolute atomic E-state index is 13.1. The van der Waals surface area contributed by atoms with E-state index in [1.807, 2.05) is 0 Å². The van der Waals surface area contributed by atoms with Gasteiger partial charge in [0.15, 0.2) is 0 Å². The monoisotopic (exact) mass is 352 g/mol. The van der Waals surface area contributed by atoms with Crippen molar-refractivity contribution in [2.24, 2.45) is 5.73 Å². The second kappa shape index (κ2) is 8.42. The number of amides is 2. The third-order valence-corrected chi connectivity index (χ3v) is 3.23. The lowest BCUT2D eigenvalue weighted by molar-refractivity contribution is 0.262. The molecular weight excluding hydrogens is 335 g/mol. The van der Waals surface area contributed by atoms with Gasteiger partial charge in [0.25, 0.3) is 0 Å². The van der Waals surface area contributed by atoms with Crippen LogP contribution in [0.25, 0.3) is 0 Å². The highest BCUT2D eigenvalue weighted by molar-refractivity contribution is 6.31. The standard InChI is InChI=1S/C15H18ClFN6O/c1-9-7-13(19-6-2-5-18)22-14(20-9)23-15(24)21-10-3-4-12(17)11(16)8-10/h3-4,7-8H,2,5-6,18H2,1H3,(H3,19,20,21,22,23,24). The van der Waals surface area contributed by atoms with Gasteiger partial charge in [-0.3, -0.25) is 5.32 Å². The SMILES string of the molecule is Cc1cc(NCCCN)nc(NC(=O)Nc2ccc(F)c(Cl)c2)n1. The van der Waals surface area contributed by atoms with Crippen LogP contribution in [-0.2, 0) is 0 Å². The van der Waals surface area contributed by atoms with Gasteiger partial charge in [0.2, 0.25) is 5.95 Å². The third kappa shape index (κ3) is 5.32. The number of nitrogens with two attached hydrogens (primary N) is 1. The van der Waals surface area contributed by atoms with Crippen molar-refractivity contribution in [2.75, 3.05) is 29.0 Å². The lowest BCUT2D eigenvalue weighted by atomic mass is 10.3. The van der Waals surface area contributed by atoms with Gasteiger partial charge in [-0.15, -0.1) is 0 Å². The summed E-state index contributed by atoms with van der Waals surface area (Å²) in [5.74, 6) is 0.185. The first-order valence-corrected chi connectivity index (χ1v) is 7.68. The minimum Gasteiger partial charge on any atom is -0.370 e. The van der Waals surface area contributed by atoms with Crippen molar-refractivity contribution in [3.8, 4) is 0 Å². The summed E-state index contributed by atoms with van der Waals surface area (Å²) in [5, 5.41) is 8.08. The average molecular weight is 353 g/mol. The molecule has 7 nitrogen and oxygen atoms in total. The molecule has 128 valence electrons. The number of urea groups is 1. The van der Waals surface area contributed by atoms with E-state index in [2.05, 4.69) is 25.9 Å². The number of carbonyl (C=O) groups excluding carboxylic acids is 1. The molecule has 24 heavy (non-hydrogen) atoms. The van der Waals surface area contributed by atoms with Gasteiger partial charge in [-0.2, -0.15) is 4.98 Å². The smallest absolute Gasteiger partial charge is 0.326 e. The number of carbonyl (C=O) groups is 1. The summed E-state index contributed by atoms with van der Waals surface area (Å²) in [6.45, 7) is 3.04. The molecule has 0 saturated carbocycles. The Labute approximate surface area is 143 Å². The van der Waals surface area contributed by atoms with Crippen LogP contribution in [0.1, 0.15) is 12.1 Å². The Morgan fingerprint density at radius 1 is 1.29 bits per heavy atom. The molecule has 0 fully saturated rings. The summed E-state index contributed by atoms with van der Waals surface area (Å²) in [7, 11) is 0. The summed E-state index contributed by atoms with van der Waals surface area (Å²) in [4.78, 5) is 20.3. The summed E-state index contributed by atoms with van der Waals surface area (Å²) < 4.78 is 13.1. The van der Waals surface area contributed by atoms with Gasteiger partial charge in [-0.25, -0.2) is 14.2 Å². The Morgan fingerprint density at radius 2 is 2.08 bits per heavy atom. The van der Waals surface area contributed by atoms with Crippen molar-refractivity contribution in [3.63, 3.8) is 0 Å². The normalized spacial score (nSPS) is 10.3. The average Bonchev–Trinajstić information content (AvgIpc) is 2.50. The second-order valence-corrected chi connectivity index (χ2v) is 5.40. The minimum absolute atomic E-state index is 0.0778. The zero-order valence-electron chi connectivity index (χ0n) is 13.1. The number of halogens is 2. The van der Waals surface area contributed by atoms with Crippen LogP contribution in [0.2, 0.25) is 5.02 Å². The summed E-state index contributed by atoms with van der Waals surface area (Å²) in [5.41, 5.74) is 6.49. The van der Waals surface area contributed by atoms with Crippen molar-refractivity contribution >= 4 is 35.1 Å². The lowest BCUT2D eigenvalue weighted by Gasteiger charge is -2.10. The quantitative estimate of drug-likeness (QED) is 0.598. The van der Waals surface area contributed by atoms with Crippen LogP contribution in [0.15, 0.2) is 24.3 Å². The van der Waals surface area contributed by atoms with Gasteiger partial charge in [-0.1, -0.05) is 11.6 Å². The molecule has 0 spiro atoms. The van der Waals surface area contributed by atoms with E-state index in [0.717, 1.165) is 6.42 Å². The van der Waals surface area contributed by atoms with E-state index in [9.17, 15) is 9.18 Å². The molecular formula is C15H18ClFN6O. The number of benzene rings is 1. The van der Waals surface area contributed by atoms with Crippen LogP contribution in [0.4, 0.5) is 26.6 Å². The Morgan fingerprint density at radius 3 is 2.79 bits per heavy atom. The number of aromatic nitrogens is 2. The van der Waals surface area contributed by atoms with Gasteiger partial charge in [-0.05, 0) is 38.1 Å². The van der Waals surface area contributed by atoms with E-state index in [0.29, 0.717) is 30.3 Å². The predicted octanol–water partition coefficient (Wildman–Crippen LogP) is 2.98. The van der Waals surface area contributed by atoms with Crippen molar-refractivity contribution in [1.29, 1.82) is 0 Å². The zero-order chi connectivity index (χ0) is 17.5. The lowest BCUT2D eigenvalue weighted by Crippen LogP contribution is -2.21. The molecule has 0 aliphatic carbocycles. The number of aryl methyl sites for hydroxylation is 1. The van der Waals surface area contributed by atoms with E-state index in [1.165, 1.54) is 18.2 Å². The first-order valence-electron chi connectivity index (χ1n) is 7.30. The molecule has 0 aliphatic rings. The Balaban J connectivity index is 2.01. The highest BCUT2D eigenvalue weighted by Crippen LogP contribution is 2.19. The van der Waals surface area contributed by atoms with Crippen LogP contribution < -0.4 is 21.7 Å². The van der Waals surface area contributed by atoms with Crippen molar-refractivity contribution in [3.05, 3.63) is 40.8 Å². The third-order valence-electron chi connectivity index (χ3n) is 2.94. The summed E-state index contributed by atoms with van der Waals surface area (Å²) in [6, 6.07) is 5.08. The van der Waals surface area contributed by atoms with E-state index in [-0.39, 0.29) is 11.0 Å². The molecule has 0 unspecified atom stereocenters. The second-order valence-electron chi connectivity index (χ2n) is 5.00. The first-order chi connectivity index (χ1) is 11.5.